The second-order valence-corrected chi connectivity index (χ2v) is 3.57. The van der Waals surface area contributed by atoms with Crippen molar-refractivity contribution < 1.29 is 9.90 Å². The van der Waals surface area contributed by atoms with Crippen LogP contribution >= 0.6 is 0 Å². The highest BCUT2D eigenvalue weighted by molar-refractivity contribution is 5.72. The molecule has 0 aromatic carbocycles. The summed E-state index contributed by atoms with van der Waals surface area (Å²) in [4.78, 5) is 12.6. The molecule has 0 saturated carbocycles. The fraction of sp³-hybridized carbons (Fsp3) is 0.250. The molecule has 0 aliphatic carbocycles. The summed E-state index contributed by atoms with van der Waals surface area (Å²) < 4.78 is 1.10. The van der Waals surface area contributed by atoms with Crippen LogP contribution in [0.25, 0.3) is 5.57 Å². The Bertz CT molecular complexity index is 440. The standard InChI is InChI=1S/C12H14N2O2/c1-4-6-13(3)8-10(2)11-5-7-14(9-11)12(15)16/h1,5,7,9H,2,6,8H2,3H3,(H,15,16). The highest BCUT2D eigenvalue weighted by Crippen LogP contribution is 2.13. The molecule has 1 aromatic rings. The molecular formula is C12H14N2O2. The van der Waals surface area contributed by atoms with Gasteiger partial charge in [0.2, 0.25) is 0 Å². The van der Waals surface area contributed by atoms with E-state index in [1.807, 2.05) is 11.9 Å². The molecule has 4 nitrogen and oxygen atoms in total. The second kappa shape index (κ2) is 5.19. The molecule has 1 rings (SSSR count). The Morgan fingerprint density at radius 3 is 2.94 bits per heavy atom. The molecule has 1 aromatic heterocycles. The summed E-state index contributed by atoms with van der Waals surface area (Å²) in [5, 5.41) is 8.74. The van der Waals surface area contributed by atoms with Crippen LogP contribution in [0.4, 0.5) is 4.79 Å². The van der Waals surface area contributed by atoms with Gasteiger partial charge in [0.25, 0.3) is 0 Å². The van der Waals surface area contributed by atoms with E-state index in [2.05, 4.69) is 12.5 Å². The van der Waals surface area contributed by atoms with Crippen LogP contribution in [0.2, 0.25) is 0 Å². The van der Waals surface area contributed by atoms with E-state index in [-0.39, 0.29) is 0 Å². The van der Waals surface area contributed by atoms with Crippen molar-refractivity contribution in [2.75, 3.05) is 20.1 Å². The quantitative estimate of drug-likeness (QED) is 0.781. The average molecular weight is 218 g/mol. The first-order chi connectivity index (χ1) is 7.54. The second-order valence-electron chi connectivity index (χ2n) is 3.57. The highest BCUT2D eigenvalue weighted by Gasteiger charge is 2.06. The van der Waals surface area contributed by atoms with Crippen LogP contribution in [0.15, 0.2) is 25.0 Å². The number of nitrogens with zero attached hydrogens (tertiary/aromatic N) is 2. The number of carbonyl (C=O) groups is 1. The zero-order valence-corrected chi connectivity index (χ0v) is 9.18. The van der Waals surface area contributed by atoms with Crippen LogP contribution < -0.4 is 0 Å². The first kappa shape index (κ1) is 12.1. The average Bonchev–Trinajstić information content (AvgIpc) is 2.66. The van der Waals surface area contributed by atoms with Gasteiger partial charge in [0.15, 0.2) is 0 Å². The molecule has 0 saturated heterocycles. The summed E-state index contributed by atoms with van der Waals surface area (Å²) in [6, 6.07) is 1.72. The molecule has 0 amide bonds. The summed E-state index contributed by atoms with van der Waals surface area (Å²) in [6.07, 6.45) is 7.21. The summed E-state index contributed by atoms with van der Waals surface area (Å²) in [6.45, 7) is 5.06. The van der Waals surface area contributed by atoms with Crippen molar-refractivity contribution in [3.63, 3.8) is 0 Å². The predicted octanol–water partition coefficient (Wildman–Crippen LogP) is 1.59. The molecule has 1 N–H and O–H groups in total. The minimum absolute atomic E-state index is 0.540. The normalized spacial score (nSPS) is 10.1. The lowest BCUT2D eigenvalue weighted by atomic mass is 10.1. The summed E-state index contributed by atoms with van der Waals surface area (Å²) in [7, 11) is 1.89. The van der Waals surface area contributed by atoms with Crippen LogP contribution in [-0.4, -0.2) is 40.8 Å². The molecule has 0 bridgehead atoms. The van der Waals surface area contributed by atoms with Crippen molar-refractivity contribution in [1.29, 1.82) is 0 Å². The largest absolute Gasteiger partial charge is 0.464 e. The van der Waals surface area contributed by atoms with Gasteiger partial charge in [0.1, 0.15) is 0 Å². The number of hydrogen-bond donors (Lipinski definition) is 1. The number of carboxylic acid groups (broad SMARTS) is 1. The first-order valence-electron chi connectivity index (χ1n) is 4.76. The van der Waals surface area contributed by atoms with Crippen LogP contribution in [0.3, 0.4) is 0 Å². The lowest BCUT2D eigenvalue weighted by Crippen LogP contribution is -2.20. The van der Waals surface area contributed by atoms with Crippen molar-refractivity contribution in [2.45, 2.75) is 0 Å². The third-order valence-corrected chi connectivity index (χ3v) is 2.14. The number of terminal acetylenes is 1. The molecule has 0 fully saturated rings. The smallest absolute Gasteiger partial charge is 0.415 e. The Morgan fingerprint density at radius 2 is 2.44 bits per heavy atom. The molecule has 16 heavy (non-hydrogen) atoms. The van der Waals surface area contributed by atoms with Crippen LogP contribution in [-0.2, 0) is 0 Å². The SMILES string of the molecule is C#CCN(C)CC(=C)c1ccn(C(=O)O)c1. The van der Waals surface area contributed by atoms with Gasteiger partial charge < -0.3 is 5.11 Å². The van der Waals surface area contributed by atoms with Gasteiger partial charge >= 0.3 is 6.09 Å². The number of aromatic nitrogens is 1. The van der Waals surface area contributed by atoms with Gasteiger partial charge in [0, 0.05) is 18.9 Å². The first-order valence-corrected chi connectivity index (χ1v) is 4.76. The van der Waals surface area contributed by atoms with Gasteiger partial charge in [-0.1, -0.05) is 12.5 Å². The van der Waals surface area contributed by atoms with Crippen molar-refractivity contribution in [1.82, 2.24) is 9.47 Å². The topological polar surface area (TPSA) is 45.5 Å². The molecule has 0 radical (unpaired) electrons. The predicted molar refractivity (Wildman–Crippen MR) is 63.2 cm³/mol. The molecule has 0 aliphatic heterocycles. The highest BCUT2D eigenvalue weighted by atomic mass is 16.4. The maximum atomic E-state index is 10.7. The van der Waals surface area contributed by atoms with E-state index in [1.165, 1.54) is 12.4 Å². The van der Waals surface area contributed by atoms with E-state index >= 15 is 0 Å². The van der Waals surface area contributed by atoms with Gasteiger partial charge in [0.05, 0.1) is 6.54 Å². The molecule has 0 atom stereocenters. The lowest BCUT2D eigenvalue weighted by Gasteiger charge is -2.14. The maximum Gasteiger partial charge on any atom is 0.415 e. The van der Waals surface area contributed by atoms with E-state index in [9.17, 15) is 4.79 Å². The minimum Gasteiger partial charge on any atom is -0.464 e. The molecule has 0 unspecified atom stereocenters. The van der Waals surface area contributed by atoms with Crippen molar-refractivity contribution in [3.8, 4) is 12.3 Å². The maximum absolute atomic E-state index is 10.7. The zero-order valence-electron chi connectivity index (χ0n) is 9.18. The molecule has 84 valence electrons. The monoisotopic (exact) mass is 218 g/mol. The minimum atomic E-state index is -1.00. The van der Waals surface area contributed by atoms with Gasteiger partial charge in [-0.05, 0) is 24.3 Å². The van der Waals surface area contributed by atoms with E-state index in [4.69, 9.17) is 11.5 Å². The lowest BCUT2D eigenvalue weighted by molar-refractivity contribution is 0.196. The van der Waals surface area contributed by atoms with Crippen molar-refractivity contribution in [3.05, 3.63) is 30.6 Å². The van der Waals surface area contributed by atoms with Gasteiger partial charge in [-0.25, -0.2) is 4.79 Å². The van der Waals surface area contributed by atoms with Gasteiger partial charge in [-0.3, -0.25) is 9.47 Å². The molecular weight excluding hydrogens is 204 g/mol. The Labute approximate surface area is 94.8 Å². The van der Waals surface area contributed by atoms with E-state index in [1.54, 1.807) is 6.07 Å². The Kier molecular flexibility index (Phi) is 3.92. The van der Waals surface area contributed by atoms with Gasteiger partial charge in [-0.2, -0.15) is 0 Å². The van der Waals surface area contributed by atoms with Crippen LogP contribution in [0, 0.1) is 12.3 Å². The molecule has 4 heteroatoms. The van der Waals surface area contributed by atoms with E-state index in [0.717, 1.165) is 15.7 Å². The van der Waals surface area contributed by atoms with E-state index in [0.29, 0.717) is 13.1 Å². The Balaban J connectivity index is 2.67. The van der Waals surface area contributed by atoms with Crippen LogP contribution in [0.5, 0.6) is 0 Å². The number of hydrogen-bond acceptors (Lipinski definition) is 2. The summed E-state index contributed by atoms with van der Waals surface area (Å²) >= 11 is 0. The summed E-state index contributed by atoms with van der Waals surface area (Å²) in [5.74, 6) is 2.53. The van der Waals surface area contributed by atoms with Crippen molar-refractivity contribution >= 4 is 11.7 Å². The third kappa shape index (κ3) is 3.01. The van der Waals surface area contributed by atoms with Crippen LogP contribution in [0.1, 0.15) is 5.56 Å². The Morgan fingerprint density at radius 1 is 1.75 bits per heavy atom. The van der Waals surface area contributed by atoms with E-state index < -0.39 is 6.09 Å². The fourth-order valence-electron chi connectivity index (χ4n) is 1.35. The zero-order chi connectivity index (χ0) is 12.1. The number of likely N-dealkylation sites (N-methyl/N-ethyl adjacent to an activating group) is 1. The third-order valence-electron chi connectivity index (χ3n) is 2.14. The van der Waals surface area contributed by atoms with Gasteiger partial charge in [-0.15, -0.1) is 6.42 Å². The van der Waals surface area contributed by atoms with Crippen molar-refractivity contribution in [2.24, 2.45) is 0 Å². The Hall–Kier alpha value is -1.99. The fourth-order valence-corrected chi connectivity index (χ4v) is 1.35. The number of rotatable bonds is 4. The molecule has 0 spiro atoms. The molecule has 0 aliphatic rings. The molecule has 1 heterocycles. The summed E-state index contributed by atoms with van der Waals surface area (Å²) in [5.41, 5.74) is 1.66.